The van der Waals surface area contributed by atoms with E-state index >= 15 is 0 Å². The molecule has 0 spiro atoms. The van der Waals surface area contributed by atoms with Gasteiger partial charge in [0, 0.05) is 18.6 Å². The van der Waals surface area contributed by atoms with Crippen LogP contribution in [0.2, 0.25) is 0 Å². The van der Waals surface area contributed by atoms with Gasteiger partial charge in [0.05, 0.1) is 10.3 Å². The van der Waals surface area contributed by atoms with Crippen LogP contribution in [0.4, 0.5) is 27.6 Å². The monoisotopic (exact) mass is 521 g/mol. The Morgan fingerprint density at radius 3 is 2.23 bits per heavy atom. The summed E-state index contributed by atoms with van der Waals surface area (Å²) in [5.41, 5.74) is -2.45. The maximum Gasteiger partial charge on any atom is 0.312 e. The van der Waals surface area contributed by atoms with E-state index in [1.54, 1.807) is 13.8 Å². The molecule has 4 rings (SSSR count). The van der Waals surface area contributed by atoms with E-state index in [-0.39, 0.29) is 28.1 Å². The molecule has 0 radical (unpaired) electrons. The van der Waals surface area contributed by atoms with Crippen molar-refractivity contribution < 1.29 is 49.4 Å². The summed E-state index contributed by atoms with van der Waals surface area (Å²) in [5.74, 6) is -15.3. The lowest BCUT2D eigenvalue weighted by Crippen LogP contribution is -2.23. The number of hydrogen-bond acceptors (Lipinski definition) is 9. The number of benzene rings is 2. The number of hydrogen-bond donors (Lipinski definition) is 0. The average Bonchev–Trinajstić information content (AvgIpc) is 3.35. The first-order chi connectivity index (χ1) is 16.2. The van der Waals surface area contributed by atoms with Crippen molar-refractivity contribution in [2.24, 2.45) is 5.16 Å². The van der Waals surface area contributed by atoms with Crippen LogP contribution in [-0.2, 0) is 20.4 Å². The van der Waals surface area contributed by atoms with Crippen LogP contribution < -0.4 is 4.74 Å². The summed E-state index contributed by atoms with van der Waals surface area (Å²) in [6.07, 6.45) is -0.0365. The summed E-state index contributed by atoms with van der Waals surface area (Å²) < 4.78 is 103. The van der Waals surface area contributed by atoms with Crippen LogP contribution in [0.1, 0.15) is 26.0 Å². The zero-order valence-corrected chi connectivity index (χ0v) is 18.4. The molecule has 0 unspecified atom stereocenters. The van der Waals surface area contributed by atoms with Crippen LogP contribution in [0, 0.1) is 39.2 Å². The number of nitro benzene ring substituents is 1. The highest BCUT2D eigenvalue weighted by molar-refractivity contribution is 8.05. The van der Waals surface area contributed by atoms with Gasteiger partial charge >= 0.3 is 5.69 Å². The number of aromatic nitrogens is 1. The lowest BCUT2D eigenvalue weighted by molar-refractivity contribution is -0.385. The zero-order valence-electron chi connectivity index (χ0n) is 17.6. The second kappa shape index (κ2) is 8.14. The Morgan fingerprint density at radius 1 is 1.09 bits per heavy atom. The highest BCUT2D eigenvalue weighted by Gasteiger charge is 2.37. The third-order valence-corrected chi connectivity index (χ3v) is 6.45. The third-order valence-electron chi connectivity index (χ3n) is 4.86. The van der Waals surface area contributed by atoms with E-state index in [2.05, 4.69) is 10.3 Å². The molecular weight excluding hydrogens is 509 g/mol. The molecule has 0 atom stereocenters. The van der Waals surface area contributed by atoms with Gasteiger partial charge in [-0.15, -0.1) is 0 Å². The summed E-state index contributed by atoms with van der Waals surface area (Å²) in [5, 5.41) is 18.2. The van der Waals surface area contributed by atoms with Crippen LogP contribution in [0.3, 0.4) is 0 Å². The summed E-state index contributed by atoms with van der Waals surface area (Å²) in [6, 6.07) is 1.43. The van der Waals surface area contributed by atoms with E-state index < -0.39 is 72.4 Å². The second-order valence-electron chi connectivity index (χ2n) is 7.98. The van der Waals surface area contributed by atoms with Gasteiger partial charge in [0.15, 0.2) is 10.6 Å². The molecule has 186 valence electrons. The fourth-order valence-electron chi connectivity index (χ4n) is 3.15. The van der Waals surface area contributed by atoms with Crippen molar-refractivity contribution in [2.45, 2.75) is 31.6 Å². The fourth-order valence-corrected chi connectivity index (χ4v) is 4.60. The van der Waals surface area contributed by atoms with E-state index in [4.69, 9.17) is 14.1 Å². The molecule has 0 bridgehead atoms. The lowest BCUT2D eigenvalue weighted by atomic mass is 10.1. The number of rotatable bonds is 5. The van der Waals surface area contributed by atoms with Gasteiger partial charge in [0.2, 0.25) is 50.4 Å². The molecule has 1 aromatic heterocycles. The third kappa shape index (κ3) is 4.24. The molecular formula is C19H12F5N3O7S. The van der Waals surface area contributed by atoms with Crippen LogP contribution in [-0.4, -0.2) is 29.1 Å². The minimum Gasteiger partial charge on any atom is -0.444 e. The van der Waals surface area contributed by atoms with Crippen LogP contribution in [0.25, 0.3) is 11.0 Å². The molecule has 0 N–H and O–H groups in total. The summed E-state index contributed by atoms with van der Waals surface area (Å²) >= 11 is 0. The first-order valence-corrected chi connectivity index (χ1v) is 11.1. The average molecular weight is 521 g/mol. The zero-order chi connectivity index (χ0) is 25.9. The molecule has 1 aliphatic rings. The van der Waals surface area contributed by atoms with E-state index in [0.29, 0.717) is 6.07 Å². The van der Waals surface area contributed by atoms with Crippen molar-refractivity contribution in [2.75, 3.05) is 0 Å². The summed E-state index contributed by atoms with van der Waals surface area (Å²) in [6.45, 7) is 3.22. The molecule has 1 aliphatic heterocycles. The van der Waals surface area contributed by atoms with Crippen molar-refractivity contribution >= 4 is 31.5 Å². The van der Waals surface area contributed by atoms with Crippen molar-refractivity contribution in [3.63, 3.8) is 0 Å². The maximum atomic E-state index is 14.0. The number of fused-ring (bicyclic) bond motifs is 1. The van der Waals surface area contributed by atoms with Crippen molar-refractivity contribution in [1.29, 1.82) is 0 Å². The molecule has 10 nitrogen and oxygen atoms in total. The molecule has 0 fully saturated rings. The summed E-state index contributed by atoms with van der Waals surface area (Å²) in [7, 11) is -4.08. The molecule has 0 saturated carbocycles. The first-order valence-electron chi connectivity index (χ1n) is 9.45. The van der Waals surface area contributed by atoms with Gasteiger partial charge in [-0.25, -0.2) is 21.6 Å². The smallest absolute Gasteiger partial charge is 0.312 e. The lowest BCUT2D eigenvalue weighted by Gasteiger charge is -2.13. The number of nitrogens with zero attached hydrogens (tertiary/aromatic N) is 3. The predicted molar refractivity (Wildman–Crippen MR) is 107 cm³/mol. The number of oxime groups is 1. The van der Waals surface area contributed by atoms with Crippen LogP contribution >= 0.6 is 0 Å². The van der Waals surface area contributed by atoms with Crippen molar-refractivity contribution in [3.05, 3.63) is 57.0 Å². The molecule has 0 amide bonds. The minimum atomic E-state index is -4.08. The highest BCUT2D eigenvalue weighted by Crippen LogP contribution is 2.40. The highest BCUT2D eigenvalue weighted by atomic mass is 32.2. The second-order valence-corrected chi connectivity index (χ2v) is 9.96. The molecule has 0 aliphatic carbocycles. The van der Waals surface area contributed by atoms with Crippen LogP contribution in [0.5, 0.6) is 11.5 Å². The van der Waals surface area contributed by atoms with E-state index in [1.807, 2.05) is 0 Å². The van der Waals surface area contributed by atoms with Gasteiger partial charge in [0.1, 0.15) is 17.0 Å². The van der Waals surface area contributed by atoms with Gasteiger partial charge in [-0.1, -0.05) is 10.3 Å². The van der Waals surface area contributed by atoms with Gasteiger partial charge in [-0.2, -0.15) is 8.78 Å². The van der Waals surface area contributed by atoms with Crippen molar-refractivity contribution in [1.82, 2.24) is 5.16 Å². The summed E-state index contributed by atoms with van der Waals surface area (Å²) in [4.78, 5) is 15.5. The molecule has 16 heteroatoms. The SMILES string of the molecule is CC1(C)CC(S(=O)(=O)Cc2noc3cc(Oc4c(F)c(F)c(F)c(F)c4F)c([N+](=O)[O-])cc23)=NO1. The molecule has 0 saturated heterocycles. The standard InChI is InChI=1S/C19H12F5N3O7S/c1-19(2)5-12(26-34-19)35(30,31)6-8-7-3-9(27(28)29)11(4-10(7)33-25-8)32-18-16(23)14(21)13(20)15(22)17(18)24/h3-4H,5-6H2,1-2H3. The van der Waals surface area contributed by atoms with Crippen LogP contribution in [0.15, 0.2) is 21.8 Å². The van der Waals surface area contributed by atoms with E-state index in [1.165, 1.54) is 0 Å². The molecule has 2 aromatic carbocycles. The molecule has 2 heterocycles. The Morgan fingerprint density at radius 2 is 1.69 bits per heavy atom. The topological polar surface area (TPSA) is 134 Å². The van der Waals surface area contributed by atoms with E-state index in [9.17, 15) is 40.5 Å². The Bertz CT molecular complexity index is 1510. The Balaban J connectivity index is 1.76. The Hall–Kier alpha value is -3.82. The molecule has 35 heavy (non-hydrogen) atoms. The van der Waals surface area contributed by atoms with Gasteiger partial charge in [-0.05, 0) is 13.8 Å². The normalized spacial score (nSPS) is 15.2. The largest absolute Gasteiger partial charge is 0.444 e. The quantitative estimate of drug-likeness (QED) is 0.156. The maximum absolute atomic E-state index is 14.0. The van der Waals surface area contributed by atoms with Crippen molar-refractivity contribution in [3.8, 4) is 11.5 Å². The number of ether oxygens (including phenoxy) is 1. The van der Waals surface area contributed by atoms with Gasteiger partial charge < -0.3 is 14.1 Å². The first kappa shape index (κ1) is 24.3. The van der Waals surface area contributed by atoms with Gasteiger partial charge in [-0.3, -0.25) is 10.1 Å². The Kier molecular flexibility index (Phi) is 5.65. The number of halogens is 5. The number of sulfone groups is 1. The Labute approximate surface area is 192 Å². The van der Waals surface area contributed by atoms with E-state index in [0.717, 1.165) is 6.07 Å². The predicted octanol–water partition coefficient (Wildman–Crippen LogP) is 4.65. The molecule has 3 aromatic rings. The minimum absolute atomic E-state index is 0.0365. The van der Waals surface area contributed by atoms with Gasteiger partial charge in [0.25, 0.3) is 0 Å². The number of nitro groups is 1. The fraction of sp³-hybridized carbons (Fsp3) is 0.263.